The zero-order valence-corrected chi connectivity index (χ0v) is 13.3. The number of hydrogen-bond acceptors (Lipinski definition) is 2. The monoisotopic (exact) mass is 323 g/mol. The minimum atomic E-state index is 0.161. The minimum Gasteiger partial charge on any atom is -0.395 e. The van der Waals surface area contributed by atoms with Gasteiger partial charge in [-0.3, -0.25) is 4.90 Å². The average Bonchev–Trinajstić information content (AvgIpc) is 2.49. The van der Waals surface area contributed by atoms with Gasteiger partial charge < -0.3 is 5.11 Å². The second kappa shape index (κ2) is 8.40. The molecule has 0 bridgehead atoms. The van der Waals surface area contributed by atoms with E-state index in [4.69, 9.17) is 23.2 Å². The fourth-order valence-corrected chi connectivity index (χ4v) is 2.56. The molecular weight excluding hydrogens is 305 g/mol. The molecule has 4 heteroatoms. The highest BCUT2D eigenvalue weighted by atomic mass is 35.5. The molecule has 0 atom stereocenters. The van der Waals surface area contributed by atoms with E-state index < -0.39 is 0 Å². The molecule has 0 aromatic heterocycles. The van der Waals surface area contributed by atoms with Crippen molar-refractivity contribution in [1.82, 2.24) is 4.90 Å². The Bertz CT molecular complexity index is 560. The summed E-state index contributed by atoms with van der Waals surface area (Å²) in [4.78, 5) is 2.23. The molecule has 0 aliphatic heterocycles. The van der Waals surface area contributed by atoms with Gasteiger partial charge in [-0.1, -0.05) is 59.6 Å². The smallest absolute Gasteiger partial charge is 0.0595 e. The van der Waals surface area contributed by atoms with Gasteiger partial charge in [0.05, 0.1) is 16.7 Å². The number of nitrogens with zero attached hydrogens (tertiary/aromatic N) is 1. The van der Waals surface area contributed by atoms with E-state index in [9.17, 15) is 5.11 Å². The molecule has 0 fully saturated rings. The first-order chi connectivity index (χ1) is 10.2. The fourth-order valence-electron chi connectivity index (χ4n) is 2.24. The summed E-state index contributed by atoms with van der Waals surface area (Å²) >= 11 is 12.0. The molecule has 1 N–H and O–H groups in total. The lowest BCUT2D eigenvalue weighted by atomic mass is 10.1. The van der Waals surface area contributed by atoms with Crippen LogP contribution in [0.3, 0.4) is 0 Å². The third-order valence-corrected chi connectivity index (χ3v) is 4.10. The van der Waals surface area contributed by atoms with E-state index in [2.05, 4.69) is 17.0 Å². The van der Waals surface area contributed by atoms with E-state index >= 15 is 0 Å². The maximum Gasteiger partial charge on any atom is 0.0595 e. The minimum absolute atomic E-state index is 0.161. The lowest BCUT2D eigenvalue weighted by Crippen LogP contribution is -2.28. The highest BCUT2D eigenvalue weighted by molar-refractivity contribution is 6.42. The molecular formula is C17H19Cl2NO. The van der Waals surface area contributed by atoms with Crippen LogP contribution in [-0.2, 0) is 13.0 Å². The van der Waals surface area contributed by atoms with Gasteiger partial charge in [0.2, 0.25) is 0 Å². The van der Waals surface area contributed by atoms with E-state index in [1.54, 1.807) is 0 Å². The molecule has 2 aromatic carbocycles. The van der Waals surface area contributed by atoms with Gasteiger partial charge in [-0.2, -0.15) is 0 Å². The quantitative estimate of drug-likeness (QED) is 0.831. The van der Waals surface area contributed by atoms with Crippen molar-refractivity contribution in [2.24, 2.45) is 0 Å². The van der Waals surface area contributed by atoms with E-state index in [-0.39, 0.29) is 6.61 Å². The molecule has 0 saturated carbocycles. The van der Waals surface area contributed by atoms with Crippen LogP contribution in [0.5, 0.6) is 0 Å². The van der Waals surface area contributed by atoms with Crippen molar-refractivity contribution in [2.45, 2.75) is 13.0 Å². The lowest BCUT2D eigenvalue weighted by molar-refractivity contribution is 0.191. The number of halogens is 2. The van der Waals surface area contributed by atoms with Gasteiger partial charge in [0.15, 0.2) is 0 Å². The first-order valence-corrected chi connectivity index (χ1v) is 7.75. The van der Waals surface area contributed by atoms with Crippen LogP contribution < -0.4 is 0 Å². The van der Waals surface area contributed by atoms with Crippen LogP contribution in [0.25, 0.3) is 0 Å². The summed E-state index contributed by atoms with van der Waals surface area (Å²) in [5, 5.41) is 10.4. The second-order valence-corrected chi connectivity index (χ2v) is 5.80. The highest BCUT2D eigenvalue weighted by Gasteiger charge is 2.07. The van der Waals surface area contributed by atoms with Gasteiger partial charge in [-0.25, -0.2) is 0 Å². The van der Waals surface area contributed by atoms with E-state index in [1.807, 2.05) is 36.4 Å². The van der Waals surface area contributed by atoms with Crippen LogP contribution >= 0.6 is 23.2 Å². The molecule has 0 aliphatic carbocycles. The molecule has 0 unspecified atom stereocenters. The molecule has 0 heterocycles. The Hall–Kier alpha value is -1.06. The van der Waals surface area contributed by atoms with Crippen molar-refractivity contribution >= 4 is 23.2 Å². The molecule has 2 aromatic rings. The molecule has 0 spiro atoms. The number of hydrogen-bond donors (Lipinski definition) is 1. The maximum absolute atomic E-state index is 9.21. The maximum atomic E-state index is 9.21. The SMILES string of the molecule is OCCN(CCc1ccc(Cl)c(Cl)c1)Cc1ccccc1. The Morgan fingerprint density at radius 2 is 1.62 bits per heavy atom. The summed E-state index contributed by atoms with van der Waals surface area (Å²) in [6.45, 7) is 2.53. The van der Waals surface area contributed by atoms with Gasteiger partial charge in [-0.05, 0) is 29.7 Å². The first kappa shape index (κ1) is 16.3. The van der Waals surface area contributed by atoms with Gasteiger partial charge in [0, 0.05) is 19.6 Å². The van der Waals surface area contributed by atoms with Gasteiger partial charge in [0.1, 0.15) is 0 Å². The molecule has 2 rings (SSSR count). The third kappa shape index (κ3) is 5.33. The van der Waals surface area contributed by atoms with E-state index in [0.717, 1.165) is 25.1 Å². The van der Waals surface area contributed by atoms with E-state index in [0.29, 0.717) is 16.6 Å². The largest absolute Gasteiger partial charge is 0.395 e. The van der Waals surface area contributed by atoms with Gasteiger partial charge in [0.25, 0.3) is 0 Å². The predicted molar refractivity (Wildman–Crippen MR) is 89.0 cm³/mol. The summed E-state index contributed by atoms with van der Waals surface area (Å²) in [6.07, 6.45) is 0.879. The average molecular weight is 324 g/mol. The van der Waals surface area contributed by atoms with Crippen molar-refractivity contribution in [3.05, 3.63) is 69.7 Å². The summed E-state index contributed by atoms with van der Waals surface area (Å²) in [7, 11) is 0. The molecule has 0 aliphatic rings. The van der Waals surface area contributed by atoms with Crippen LogP contribution in [0.4, 0.5) is 0 Å². The number of benzene rings is 2. The van der Waals surface area contributed by atoms with Crippen molar-refractivity contribution in [3.8, 4) is 0 Å². The Morgan fingerprint density at radius 3 is 2.29 bits per heavy atom. The molecule has 112 valence electrons. The van der Waals surface area contributed by atoms with Crippen LogP contribution in [-0.4, -0.2) is 29.7 Å². The number of aliphatic hydroxyl groups is 1. The Morgan fingerprint density at radius 1 is 0.857 bits per heavy atom. The number of rotatable bonds is 7. The Kier molecular flexibility index (Phi) is 6.52. The molecule has 0 saturated heterocycles. The molecule has 2 nitrogen and oxygen atoms in total. The topological polar surface area (TPSA) is 23.5 Å². The van der Waals surface area contributed by atoms with Crippen LogP contribution in [0.2, 0.25) is 10.0 Å². The summed E-state index contributed by atoms with van der Waals surface area (Å²) in [6, 6.07) is 16.0. The normalized spacial score (nSPS) is 11.0. The highest BCUT2D eigenvalue weighted by Crippen LogP contribution is 2.22. The summed E-state index contributed by atoms with van der Waals surface area (Å²) in [5.74, 6) is 0. The fraction of sp³-hybridized carbons (Fsp3) is 0.294. The van der Waals surface area contributed by atoms with Crippen molar-refractivity contribution in [2.75, 3.05) is 19.7 Å². The van der Waals surface area contributed by atoms with Crippen LogP contribution in [0, 0.1) is 0 Å². The molecule has 21 heavy (non-hydrogen) atoms. The summed E-state index contributed by atoms with van der Waals surface area (Å²) < 4.78 is 0. The Labute approximate surface area is 135 Å². The second-order valence-electron chi connectivity index (χ2n) is 4.98. The van der Waals surface area contributed by atoms with Crippen molar-refractivity contribution in [3.63, 3.8) is 0 Å². The summed E-state index contributed by atoms with van der Waals surface area (Å²) in [5.41, 5.74) is 2.40. The third-order valence-electron chi connectivity index (χ3n) is 3.37. The van der Waals surface area contributed by atoms with Gasteiger partial charge in [-0.15, -0.1) is 0 Å². The first-order valence-electron chi connectivity index (χ1n) is 7.00. The molecule has 0 radical (unpaired) electrons. The standard InChI is InChI=1S/C17H19Cl2NO/c18-16-7-6-14(12-17(16)19)8-9-20(10-11-21)13-15-4-2-1-3-5-15/h1-7,12,21H,8-11,13H2. The number of aliphatic hydroxyl groups excluding tert-OH is 1. The lowest BCUT2D eigenvalue weighted by Gasteiger charge is -2.21. The van der Waals surface area contributed by atoms with Crippen LogP contribution in [0.15, 0.2) is 48.5 Å². The van der Waals surface area contributed by atoms with Crippen molar-refractivity contribution in [1.29, 1.82) is 0 Å². The molecule has 0 amide bonds. The van der Waals surface area contributed by atoms with Gasteiger partial charge >= 0.3 is 0 Å². The van der Waals surface area contributed by atoms with Crippen molar-refractivity contribution < 1.29 is 5.11 Å². The zero-order chi connectivity index (χ0) is 15.1. The predicted octanol–water partition coefficient (Wildman–Crippen LogP) is 4.03. The Balaban J connectivity index is 1.94. The van der Waals surface area contributed by atoms with E-state index in [1.165, 1.54) is 5.56 Å². The zero-order valence-electron chi connectivity index (χ0n) is 11.8. The van der Waals surface area contributed by atoms with Crippen LogP contribution in [0.1, 0.15) is 11.1 Å².